The largest absolute Gasteiger partial charge is 0.495 e. The van der Waals surface area contributed by atoms with Crippen molar-refractivity contribution in [3.05, 3.63) is 54.3 Å². The fraction of sp³-hybridized carbons (Fsp3) is 0.400. The van der Waals surface area contributed by atoms with Crippen molar-refractivity contribution in [3.63, 3.8) is 0 Å². The third-order valence-electron chi connectivity index (χ3n) is 5.93. The van der Waals surface area contributed by atoms with Gasteiger partial charge in [-0.2, -0.15) is 0 Å². The minimum absolute atomic E-state index is 0.341. The molecule has 0 amide bonds. The number of morpholine rings is 1. The zero-order chi connectivity index (χ0) is 22.3. The van der Waals surface area contributed by atoms with Gasteiger partial charge < -0.3 is 19.6 Å². The second-order valence-electron chi connectivity index (χ2n) is 7.96. The van der Waals surface area contributed by atoms with E-state index in [1.807, 2.05) is 35.2 Å². The SMILES string of the molecule is CN=C(N)N(c1cc(CCCCN2CCOCC2)ccc1OC)c1occ2ccccc12. The van der Waals surface area contributed by atoms with Crippen LogP contribution in [0.25, 0.3) is 10.8 Å². The molecule has 7 nitrogen and oxygen atoms in total. The lowest BCUT2D eigenvalue weighted by molar-refractivity contribution is 0.0372. The highest BCUT2D eigenvalue weighted by molar-refractivity contribution is 6.08. The topological polar surface area (TPSA) is 76.5 Å². The summed E-state index contributed by atoms with van der Waals surface area (Å²) in [4.78, 5) is 8.56. The standard InChI is InChI=1S/C25H32N4O3/c1-27-25(26)29(24-21-9-4-3-8-20(21)18-32-24)22-17-19(10-11-23(22)30-2)7-5-6-12-28-13-15-31-16-14-28/h3-4,8-11,17-18H,5-7,12-16H2,1-2H3,(H2,26,27). The molecule has 0 bridgehead atoms. The van der Waals surface area contributed by atoms with E-state index in [0.29, 0.717) is 17.6 Å². The van der Waals surface area contributed by atoms with Crippen molar-refractivity contribution in [2.24, 2.45) is 10.7 Å². The number of nitrogens with two attached hydrogens (primary N) is 1. The number of aryl methyl sites for hydroxylation is 1. The molecule has 0 unspecified atom stereocenters. The van der Waals surface area contributed by atoms with Gasteiger partial charge in [0.2, 0.25) is 11.8 Å². The highest BCUT2D eigenvalue weighted by Gasteiger charge is 2.23. The molecule has 0 aliphatic carbocycles. The number of unbranched alkanes of at least 4 members (excludes halogenated alkanes) is 1. The molecule has 1 aromatic heterocycles. The molecule has 1 saturated heterocycles. The minimum atomic E-state index is 0.341. The van der Waals surface area contributed by atoms with Gasteiger partial charge in [-0.15, -0.1) is 0 Å². The van der Waals surface area contributed by atoms with E-state index in [1.165, 1.54) is 5.56 Å². The lowest BCUT2D eigenvalue weighted by Gasteiger charge is -2.26. The van der Waals surface area contributed by atoms with Crippen molar-refractivity contribution >= 4 is 28.3 Å². The van der Waals surface area contributed by atoms with Crippen LogP contribution in [0.1, 0.15) is 18.4 Å². The first kappa shape index (κ1) is 22.2. The number of hydrogen-bond donors (Lipinski definition) is 1. The zero-order valence-electron chi connectivity index (χ0n) is 18.9. The number of anilines is 2. The molecule has 0 saturated carbocycles. The van der Waals surface area contributed by atoms with Gasteiger partial charge in [0.1, 0.15) is 12.0 Å². The number of guanidine groups is 1. The fourth-order valence-electron chi connectivity index (χ4n) is 4.14. The lowest BCUT2D eigenvalue weighted by Crippen LogP contribution is -2.36. The first-order chi connectivity index (χ1) is 15.7. The molecule has 32 heavy (non-hydrogen) atoms. The number of rotatable bonds is 8. The van der Waals surface area contributed by atoms with Crippen LogP contribution in [0.15, 0.2) is 58.1 Å². The van der Waals surface area contributed by atoms with Gasteiger partial charge in [0.05, 0.1) is 26.0 Å². The number of methoxy groups -OCH3 is 1. The molecule has 0 atom stereocenters. The number of benzene rings is 2. The quantitative estimate of drug-likeness (QED) is 0.324. The summed E-state index contributed by atoms with van der Waals surface area (Å²) < 4.78 is 17.1. The van der Waals surface area contributed by atoms with Crippen molar-refractivity contribution in [3.8, 4) is 5.75 Å². The normalized spacial score (nSPS) is 15.2. The van der Waals surface area contributed by atoms with E-state index in [0.717, 1.165) is 68.6 Å². The van der Waals surface area contributed by atoms with Crippen LogP contribution >= 0.6 is 0 Å². The molecule has 3 aromatic rings. The van der Waals surface area contributed by atoms with Crippen LogP contribution in [-0.4, -0.2) is 57.9 Å². The molecule has 0 radical (unpaired) electrons. The minimum Gasteiger partial charge on any atom is -0.495 e. The number of fused-ring (bicyclic) bond motifs is 1. The van der Waals surface area contributed by atoms with E-state index in [9.17, 15) is 0 Å². The molecular formula is C25H32N4O3. The molecule has 1 fully saturated rings. The molecule has 2 aromatic carbocycles. The molecule has 7 heteroatoms. The van der Waals surface area contributed by atoms with E-state index >= 15 is 0 Å². The van der Waals surface area contributed by atoms with E-state index < -0.39 is 0 Å². The number of aliphatic imine (C=N–C) groups is 1. The number of furan rings is 1. The Hall–Kier alpha value is -3.03. The highest BCUT2D eigenvalue weighted by Crippen LogP contribution is 2.39. The number of hydrogen-bond acceptors (Lipinski definition) is 5. The summed E-state index contributed by atoms with van der Waals surface area (Å²) in [5.41, 5.74) is 8.40. The molecule has 1 aliphatic rings. The maximum atomic E-state index is 6.35. The van der Waals surface area contributed by atoms with Crippen molar-refractivity contribution in [1.82, 2.24) is 4.90 Å². The summed E-state index contributed by atoms with van der Waals surface area (Å²) in [5, 5.41) is 1.98. The molecular weight excluding hydrogens is 404 g/mol. The Labute approximate surface area is 189 Å². The smallest absolute Gasteiger partial charge is 0.214 e. The monoisotopic (exact) mass is 436 g/mol. The highest BCUT2D eigenvalue weighted by atomic mass is 16.5. The summed E-state index contributed by atoms with van der Waals surface area (Å²) in [6.07, 6.45) is 5.00. The van der Waals surface area contributed by atoms with Crippen LogP contribution in [0.3, 0.4) is 0 Å². The third kappa shape index (κ3) is 4.89. The van der Waals surface area contributed by atoms with Crippen LogP contribution < -0.4 is 15.4 Å². The maximum absolute atomic E-state index is 6.35. The maximum Gasteiger partial charge on any atom is 0.214 e. The van der Waals surface area contributed by atoms with E-state index in [4.69, 9.17) is 19.6 Å². The van der Waals surface area contributed by atoms with Crippen LogP contribution in [-0.2, 0) is 11.2 Å². The molecule has 170 valence electrons. The van der Waals surface area contributed by atoms with Gasteiger partial charge in [-0.05, 0) is 49.6 Å². The Kier molecular flexibility index (Phi) is 7.29. The van der Waals surface area contributed by atoms with Crippen LogP contribution in [0.5, 0.6) is 5.75 Å². The molecule has 4 rings (SSSR count). The lowest BCUT2D eigenvalue weighted by atomic mass is 10.1. The van der Waals surface area contributed by atoms with Gasteiger partial charge in [-0.25, -0.2) is 4.90 Å². The van der Waals surface area contributed by atoms with Gasteiger partial charge >= 0.3 is 0 Å². The Morgan fingerprint density at radius 2 is 1.97 bits per heavy atom. The van der Waals surface area contributed by atoms with E-state index in [1.54, 1.807) is 20.4 Å². The van der Waals surface area contributed by atoms with Crippen LogP contribution in [0.2, 0.25) is 0 Å². The van der Waals surface area contributed by atoms with Crippen LogP contribution in [0.4, 0.5) is 11.6 Å². The molecule has 2 heterocycles. The Bertz CT molecular complexity index is 1060. The Morgan fingerprint density at radius 3 is 2.75 bits per heavy atom. The molecule has 0 spiro atoms. The van der Waals surface area contributed by atoms with Gasteiger partial charge in [-0.1, -0.05) is 24.3 Å². The summed E-state index contributed by atoms with van der Waals surface area (Å²) in [7, 11) is 3.34. The van der Waals surface area contributed by atoms with Gasteiger partial charge in [0.15, 0.2) is 0 Å². The predicted molar refractivity (Wildman–Crippen MR) is 129 cm³/mol. The number of nitrogens with zero attached hydrogens (tertiary/aromatic N) is 3. The van der Waals surface area contributed by atoms with Gasteiger partial charge in [0, 0.05) is 30.9 Å². The fourth-order valence-corrected chi connectivity index (χ4v) is 4.14. The average Bonchev–Trinajstić information content (AvgIpc) is 3.26. The van der Waals surface area contributed by atoms with Crippen molar-refractivity contribution in [2.45, 2.75) is 19.3 Å². The van der Waals surface area contributed by atoms with E-state index in [2.05, 4.69) is 22.0 Å². The summed E-state index contributed by atoms with van der Waals surface area (Å²) in [5.74, 6) is 1.69. The summed E-state index contributed by atoms with van der Waals surface area (Å²) >= 11 is 0. The Balaban J connectivity index is 1.56. The van der Waals surface area contributed by atoms with Gasteiger partial charge in [-0.3, -0.25) is 9.89 Å². The average molecular weight is 437 g/mol. The molecule has 2 N–H and O–H groups in total. The third-order valence-corrected chi connectivity index (χ3v) is 5.93. The molecule has 1 aliphatic heterocycles. The van der Waals surface area contributed by atoms with Crippen molar-refractivity contribution < 1.29 is 13.9 Å². The summed E-state index contributed by atoms with van der Waals surface area (Å²) in [6, 6.07) is 14.3. The zero-order valence-corrected chi connectivity index (χ0v) is 18.9. The van der Waals surface area contributed by atoms with Gasteiger partial charge in [0.25, 0.3) is 0 Å². The second-order valence-corrected chi connectivity index (χ2v) is 7.96. The van der Waals surface area contributed by atoms with Crippen molar-refractivity contribution in [1.29, 1.82) is 0 Å². The Morgan fingerprint density at radius 1 is 1.16 bits per heavy atom. The van der Waals surface area contributed by atoms with E-state index in [-0.39, 0.29) is 0 Å². The van der Waals surface area contributed by atoms with Crippen molar-refractivity contribution in [2.75, 3.05) is 51.9 Å². The number of ether oxygens (including phenoxy) is 2. The first-order valence-corrected chi connectivity index (χ1v) is 11.2. The second kappa shape index (κ2) is 10.5. The first-order valence-electron chi connectivity index (χ1n) is 11.2. The predicted octanol–water partition coefficient (Wildman–Crippen LogP) is 4.18. The van der Waals surface area contributed by atoms with Crippen LogP contribution in [0, 0.1) is 0 Å². The summed E-state index contributed by atoms with van der Waals surface area (Å²) in [6.45, 7) is 4.88.